The second-order valence-electron chi connectivity index (χ2n) is 6.91. The first-order chi connectivity index (χ1) is 13.3. The second kappa shape index (κ2) is 6.90. The summed E-state index contributed by atoms with van der Waals surface area (Å²) in [5.74, 6) is -1.49. The van der Waals surface area contributed by atoms with Crippen molar-refractivity contribution in [2.24, 2.45) is 5.92 Å². The van der Waals surface area contributed by atoms with E-state index in [1.807, 2.05) is 6.07 Å². The van der Waals surface area contributed by atoms with E-state index in [1.54, 1.807) is 18.3 Å². The predicted molar refractivity (Wildman–Crippen MR) is 94.3 cm³/mol. The summed E-state index contributed by atoms with van der Waals surface area (Å²) in [7, 11) is 0. The maximum atomic E-state index is 12.8. The molecule has 4 rings (SSSR count). The number of aliphatic hydroxyl groups is 1. The molecular weight excluding hydrogens is 373 g/mol. The van der Waals surface area contributed by atoms with Crippen molar-refractivity contribution in [2.45, 2.75) is 31.2 Å². The highest BCUT2D eigenvalue weighted by Crippen LogP contribution is 2.37. The van der Waals surface area contributed by atoms with Gasteiger partial charge in [-0.05, 0) is 49.1 Å². The Labute approximate surface area is 157 Å². The van der Waals surface area contributed by atoms with Gasteiger partial charge in [0.1, 0.15) is 0 Å². The first-order valence-corrected chi connectivity index (χ1v) is 8.78. The van der Waals surface area contributed by atoms with Crippen LogP contribution < -0.4 is 5.32 Å². The maximum Gasteiger partial charge on any atom is 0.449 e. The maximum absolute atomic E-state index is 12.8. The summed E-state index contributed by atoms with van der Waals surface area (Å²) in [6, 6.07) is 9.14. The van der Waals surface area contributed by atoms with Crippen molar-refractivity contribution in [3.8, 4) is 0 Å². The summed E-state index contributed by atoms with van der Waals surface area (Å²) < 4.78 is 38.4. The van der Waals surface area contributed by atoms with Gasteiger partial charge >= 0.3 is 6.18 Å². The normalized spacial score (nSPS) is 20.6. The quantitative estimate of drug-likeness (QED) is 0.638. The van der Waals surface area contributed by atoms with Crippen molar-refractivity contribution in [1.29, 1.82) is 0 Å². The molecule has 6 nitrogen and oxygen atoms in total. The van der Waals surface area contributed by atoms with E-state index in [0.717, 1.165) is 0 Å². The molecule has 1 atom stereocenters. The summed E-state index contributed by atoms with van der Waals surface area (Å²) in [6.07, 6.45) is -2.25. The van der Waals surface area contributed by atoms with Crippen LogP contribution in [-0.2, 0) is 6.18 Å². The lowest BCUT2D eigenvalue weighted by molar-refractivity contribution is -0.144. The topological polar surface area (TPSA) is 90.9 Å². The summed E-state index contributed by atoms with van der Waals surface area (Å²) in [5, 5.41) is 12.5. The lowest BCUT2D eigenvalue weighted by Crippen LogP contribution is -2.41. The van der Waals surface area contributed by atoms with Gasteiger partial charge in [0.2, 0.25) is 5.82 Å². The summed E-state index contributed by atoms with van der Waals surface area (Å²) in [4.78, 5) is 22.7. The molecule has 1 aromatic carbocycles. The third-order valence-corrected chi connectivity index (χ3v) is 4.93. The van der Waals surface area contributed by atoms with Crippen LogP contribution in [0.4, 0.5) is 13.2 Å². The first kappa shape index (κ1) is 18.4. The molecule has 1 fully saturated rings. The van der Waals surface area contributed by atoms with E-state index in [9.17, 15) is 23.1 Å². The number of aromatic amines is 1. The third kappa shape index (κ3) is 3.57. The van der Waals surface area contributed by atoms with Gasteiger partial charge in [0, 0.05) is 11.8 Å². The number of rotatable bonds is 4. The third-order valence-electron chi connectivity index (χ3n) is 4.93. The molecule has 2 heterocycles. The van der Waals surface area contributed by atoms with Gasteiger partial charge in [-0.15, -0.1) is 0 Å². The van der Waals surface area contributed by atoms with Gasteiger partial charge < -0.3 is 15.4 Å². The van der Waals surface area contributed by atoms with Crippen molar-refractivity contribution >= 4 is 16.9 Å². The van der Waals surface area contributed by atoms with Crippen molar-refractivity contribution < 1.29 is 23.1 Å². The molecule has 2 aromatic heterocycles. The molecule has 1 amide bonds. The van der Waals surface area contributed by atoms with E-state index < -0.39 is 24.0 Å². The number of fused-ring (bicyclic) bond motifs is 1. The van der Waals surface area contributed by atoms with E-state index in [2.05, 4.69) is 20.3 Å². The number of carbonyl (C=O) groups excluding carboxylic acids is 1. The van der Waals surface area contributed by atoms with Crippen LogP contribution in [0, 0.1) is 5.92 Å². The number of hydrogen-bond donors (Lipinski definition) is 3. The minimum Gasteiger partial charge on any atom is -0.393 e. The summed E-state index contributed by atoms with van der Waals surface area (Å²) in [6.45, 7) is 0. The number of aliphatic hydroxyl groups excluding tert-OH is 1. The number of hydrogen-bond acceptors (Lipinski definition) is 4. The Morgan fingerprint density at radius 3 is 2.68 bits per heavy atom. The first-order valence-electron chi connectivity index (χ1n) is 8.78. The van der Waals surface area contributed by atoms with Crippen LogP contribution in [0.2, 0.25) is 0 Å². The molecule has 1 aliphatic rings. The average molecular weight is 390 g/mol. The number of carbonyl (C=O) groups is 1. The number of nitrogens with zero attached hydrogens (tertiary/aromatic N) is 2. The molecule has 28 heavy (non-hydrogen) atoms. The Kier molecular flexibility index (Phi) is 4.54. The molecular formula is C19H17F3N4O2. The zero-order chi connectivity index (χ0) is 19.9. The van der Waals surface area contributed by atoms with Gasteiger partial charge in [0.25, 0.3) is 5.91 Å². The zero-order valence-corrected chi connectivity index (χ0v) is 14.6. The molecule has 0 bridgehead atoms. The van der Waals surface area contributed by atoms with Gasteiger partial charge in [-0.1, -0.05) is 6.07 Å². The number of nitrogens with one attached hydrogen (secondary N) is 2. The second-order valence-corrected chi connectivity index (χ2v) is 6.91. The molecule has 1 aliphatic carbocycles. The molecule has 0 saturated heterocycles. The molecule has 3 aromatic rings. The average Bonchev–Trinajstić information content (AvgIpc) is 3.08. The number of H-pyrrole nitrogens is 1. The Morgan fingerprint density at radius 2 is 2.04 bits per heavy atom. The Morgan fingerprint density at radius 1 is 1.25 bits per heavy atom. The SMILES string of the molecule is O=C(NC(c1ccccn1)C1CC(O)C1)c1ccc2nc(C(F)(F)F)[nH]c2c1. The predicted octanol–water partition coefficient (Wildman–Crippen LogP) is 3.22. The summed E-state index contributed by atoms with van der Waals surface area (Å²) >= 11 is 0. The van der Waals surface area contributed by atoms with Gasteiger partial charge in [-0.2, -0.15) is 13.2 Å². The minimum atomic E-state index is -4.59. The Hall–Kier alpha value is -2.94. The van der Waals surface area contributed by atoms with Crippen LogP contribution >= 0.6 is 0 Å². The van der Waals surface area contributed by atoms with Crippen molar-refractivity contribution in [3.05, 3.63) is 59.7 Å². The fraction of sp³-hybridized carbons (Fsp3) is 0.316. The van der Waals surface area contributed by atoms with Crippen molar-refractivity contribution in [3.63, 3.8) is 0 Å². The van der Waals surface area contributed by atoms with Crippen molar-refractivity contribution in [1.82, 2.24) is 20.3 Å². The van der Waals surface area contributed by atoms with Gasteiger partial charge in [-0.3, -0.25) is 9.78 Å². The van der Waals surface area contributed by atoms with E-state index >= 15 is 0 Å². The molecule has 0 radical (unpaired) electrons. The monoisotopic (exact) mass is 390 g/mol. The molecule has 3 N–H and O–H groups in total. The number of amides is 1. The van der Waals surface area contributed by atoms with Gasteiger partial charge in [0.05, 0.1) is 28.9 Å². The molecule has 1 saturated carbocycles. The van der Waals surface area contributed by atoms with Crippen LogP contribution in [0.1, 0.15) is 40.8 Å². The van der Waals surface area contributed by atoms with Gasteiger partial charge in [0.15, 0.2) is 0 Å². The number of pyridine rings is 1. The smallest absolute Gasteiger partial charge is 0.393 e. The van der Waals surface area contributed by atoms with Crippen LogP contribution in [-0.4, -0.2) is 32.1 Å². The van der Waals surface area contributed by atoms with Crippen LogP contribution in [0.3, 0.4) is 0 Å². The number of alkyl halides is 3. The molecule has 9 heteroatoms. The minimum absolute atomic E-state index is 0.0431. The van der Waals surface area contributed by atoms with Gasteiger partial charge in [-0.25, -0.2) is 4.98 Å². The van der Waals surface area contributed by atoms with Crippen LogP contribution in [0.15, 0.2) is 42.6 Å². The van der Waals surface area contributed by atoms with Crippen LogP contribution in [0.25, 0.3) is 11.0 Å². The lowest BCUT2D eigenvalue weighted by Gasteiger charge is -2.37. The molecule has 146 valence electrons. The Bertz CT molecular complexity index is 997. The van der Waals surface area contributed by atoms with Crippen LogP contribution in [0.5, 0.6) is 0 Å². The fourth-order valence-corrected chi connectivity index (χ4v) is 3.40. The van der Waals surface area contributed by atoms with E-state index in [-0.39, 0.29) is 28.6 Å². The zero-order valence-electron chi connectivity index (χ0n) is 14.6. The van der Waals surface area contributed by atoms with E-state index in [1.165, 1.54) is 18.2 Å². The molecule has 0 aliphatic heterocycles. The van der Waals surface area contributed by atoms with Crippen molar-refractivity contribution in [2.75, 3.05) is 0 Å². The fourth-order valence-electron chi connectivity index (χ4n) is 3.40. The highest BCUT2D eigenvalue weighted by molar-refractivity contribution is 5.97. The highest BCUT2D eigenvalue weighted by atomic mass is 19.4. The summed E-state index contributed by atoms with van der Waals surface area (Å²) in [5.41, 5.74) is 1.15. The van der Waals surface area contributed by atoms with E-state index in [0.29, 0.717) is 18.5 Å². The highest BCUT2D eigenvalue weighted by Gasteiger charge is 2.37. The standard InChI is InChI=1S/C19H17F3N4O2/c20-19(21,22)18-24-13-5-4-10(9-15(13)25-18)17(28)26-16(11-7-12(27)8-11)14-3-1-2-6-23-14/h1-6,9,11-12,16,27H,7-8H2,(H,24,25)(H,26,28). The number of benzene rings is 1. The largest absolute Gasteiger partial charge is 0.449 e. The Balaban J connectivity index is 1.59. The number of imidazole rings is 1. The number of aromatic nitrogens is 3. The number of halogens is 3. The lowest BCUT2D eigenvalue weighted by atomic mass is 9.76. The molecule has 1 unspecified atom stereocenters. The van der Waals surface area contributed by atoms with E-state index in [4.69, 9.17) is 0 Å². The molecule has 0 spiro atoms.